The third-order valence-electron chi connectivity index (χ3n) is 3.36. The quantitative estimate of drug-likeness (QED) is 0.627. The minimum atomic E-state index is -0.361. The molecule has 0 aliphatic rings. The smallest absolute Gasteiger partial charge is 0.358 e. The number of rotatable bonds is 7. The Bertz CT molecular complexity index is 634. The van der Waals surface area contributed by atoms with E-state index < -0.39 is 0 Å². The number of fused-ring (bicyclic) bond motifs is 1. The molecule has 0 spiro atoms. The molecule has 21 heavy (non-hydrogen) atoms. The number of imidazole rings is 1. The van der Waals surface area contributed by atoms with E-state index in [1.54, 1.807) is 11.6 Å². The number of nitrogens with zero attached hydrogens (tertiary/aromatic N) is 4. The van der Waals surface area contributed by atoms with Gasteiger partial charge in [-0.1, -0.05) is 32.1 Å². The van der Waals surface area contributed by atoms with Crippen LogP contribution >= 0.6 is 11.3 Å². The van der Waals surface area contributed by atoms with Gasteiger partial charge in [0.1, 0.15) is 6.20 Å². The van der Waals surface area contributed by atoms with Gasteiger partial charge in [-0.15, -0.1) is 0 Å². The second kappa shape index (κ2) is 5.98. The number of nitrogens with two attached hydrogens (primary N) is 1. The van der Waals surface area contributed by atoms with Crippen molar-refractivity contribution in [2.75, 3.05) is 24.5 Å². The van der Waals surface area contributed by atoms with E-state index in [9.17, 15) is 10.1 Å². The van der Waals surface area contributed by atoms with Gasteiger partial charge in [-0.3, -0.25) is 0 Å². The van der Waals surface area contributed by atoms with Crippen molar-refractivity contribution in [3.05, 3.63) is 21.7 Å². The van der Waals surface area contributed by atoms with Crippen LogP contribution < -0.4 is 10.6 Å². The molecule has 8 heteroatoms. The van der Waals surface area contributed by atoms with Crippen molar-refractivity contribution in [2.45, 2.75) is 27.2 Å². The van der Waals surface area contributed by atoms with Gasteiger partial charge in [0, 0.05) is 18.5 Å². The van der Waals surface area contributed by atoms with Gasteiger partial charge in [-0.05, 0) is 23.3 Å². The number of hydrogen-bond donors (Lipinski definition) is 1. The average Bonchev–Trinajstić information content (AvgIpc) is 2.97. The van der Waals surface area contributed by atoms with Crippen molar-refractivity contribution in [3.63, 3.8) is 0 Å². The lowest BCUT2D eigenvalue weighted by Gasteiger charge is -2.31. The molecule has 2 aromatic heterocycles. The van der Waals surface area contributed by atoms with Gasteiger partial charge in [0.15, 0.2) is 0 Å². The predicted octanol–water partition coefficient (Wildman–Crippen LogP) is 2.51. The van der Waals surface area contributed by atoms with Gasteiger partial charge in [0.2, 0.25) is 5.82 Å². The van der Waals surface area contributed by atoms with Crippen LogP contribution in [0.5, 0.6) is 0 Å². The molecule has 2 N–H and O–H groups in total. The molecule has 0 radical (unpaired) electrons. The number of nitro groups is 1. The molecule has 0 amide bonds. The van der Waals surface area contributed by atoms with Crippen LogP contribution in [-0.2, 0) is 0 Å². The first-order valence-corrected chi connectivity index (χ1v) is 7.82. The Hall–Kier alpha value is -1.67. The Kier molecular flexibility index (Phi) is 4.48. The summed E-state index contributed by atoms with van der Waals surface area (Å²) in [6, 6.07) is 0. The van der Waals surface area contributed by atoms with Gasteiger partial charge in [0.25, 0.3) is 4.96 Å². The molecule has 116 valence electrons. The molecule has 0 saturated heterocycles. The lowest BCUT2D eigenvalue weighted by Crippen LogP contribution is -2.39. The first-order chi connectivity index (χ1) is 9.89. The second-order valence-electron chi connectivity index (χ2n) is 5.86. The van der Waals surface area contributed by atoms with Gasteiger partial charge in [-0.2, -0.15) is 9.38 Å². The second-order valence-corrected chi connectivity index (χ2v) is 6.73. The molecule has 0 aliphatic carbocycles. The van der Waals surface area contributed by atoms with Crippen molar-refractivity contribution < 1.29 is 4.92 Å². The summed E-state index contributed by atoms with van der Waals surface area (Å²) in [5, 5.41) is 13.2. The lowest BCUT2D eigenvalue weighted by atomic mass is 9.93. The summed E-state index contributed by atoms with van der Waals surface area (Å²) in [5.41, 5.74) is 5.67. The number of aromatic nitrogens is 2. The minimum absolute atomic E-state index is 0.0347. The zero-order chi connectivity index (χ0) is 15.6. The number of thiazole rings is 1. The van der Waals surface area contributed by atoms with Crippen molar-refractivity contribution >= 4 is 27.9 Å². The summed E-state index contributed by atoms with van der Waals surface area (Å²) in [7, 11) is 0. The van der Waals surface area contributed by atoms with Crippen LogP contribution in [0, 0.1) is 15.5 Å². The zero-order valence-corrected chi connectivity index (χ0v) is 13.4. The van der Waals surface area contributed by atoms with Crippen LogP contribution in [0.2, 0.25) is 0 Å². The summed E-state index contributed by atoms with van der Waals surface area (Å²) < 4.78 is 1.54. The van der Waals surface area contributed by atoms with E-state index in [1.165, 1.54) is 15.7 Å². The van der Waals surface area contributed by atoms with E-state index in [-0.39, 0.29) is 16.2 Å². The van der Waals surface area contributed by atoms with Crippen LogP contribution in [-0.4, -0.2) is 33.9 Å². The molecular formula is C13H21N5O2S. The molecule has 7 nitrogen and oxygen atoms in total. The standard InChI is InChI=1S/C13H21N5O2S/c1-4-5-16(9-13(2,3)8-14)10-11(18(19)20)17-6-7-21-12(17)15-10/h6-7H,4-5,8-9,14H2,1-3H3. The lowest BCUT2D eigenvalue weighted by molar-refractivity contribution is -0.389. The maximum Gasteiger partial charge on any atom is 0.373 e. The van der Waals surface area contributed by atoms with Crippen LogP contribution in [0.1, 0.15) is 27.2 Å². The van der Waals surface area contributed by atoms with E-state index in [4.69, 9.17) is 5.73 Å². The van der Waals surface area contributed by atoms with Crippen molar-refractivity contribution in [1.82, 2.24) is 9.38 Å². The fourth-order valence-corrected chi connectivity index (χ4v) is 2.96. The largest absolute Gasteiger partial charge is 0.373 e. The zero-order valence-electron chi connectivity index (χ0n) is 12.6. The van der Waals surface area contributed by atoms with Crippen molar-refractivity contribution in [3.8, 4) is 0 Å². The summed E-state index contributed by atoms with van der Waals surface area (Å²) >= 11 is 1.40. The Balaban J connectivity index is 2.46. The fourth-order valence-electron chi connectivity index (χ4n) is 2.26. The normalized spacial score (nSPS) is 12.0. The van der Waals surface area contributed by atoms with Crippen LogP contribution in [0.3, 0.4) is 0 Å². The molecule has 2 aromatic rings. The summed E-state index contributed by atoms with van der Waals surface area (Å²) in [6.45, 7) is 8.04. The Labute approximate surface area is 127 Å². The fraction of sp³-hybridized carbons (Fsp3) is 0.615. The summed E-state index contributed by atoms with van der Waals surface area (Å²) in [5.74, 6) is 0.475. The van der Waals surface area contributed by atoms with Gasteiger partial charge >= 0.3 is 5.82 Å². The van der Waals surface area contributed by atoms with Gasteiger partial charge in [-0.25, -0.2) is 0 Å². The maximum atomic E-state index is 11.4. The van der Waals surface area contributed by atoms with Gasteiger partial charge < -0.3 is 20.7 Å². The van der Waals surface area contributed by atoms with Gasteiger partial charge in [0.05, 0.1) is 0 Å². The molecule has 2 heterocycles. The van der Waals surface area contributed by atoms with Crippen LogP contribution in [0.25, 0.3) is 4.96 Å². The highest BCUT2D eigenvalue weighted by molar-refractivity contribution is 7.15. The third-order valence-corrected chi connectivity index (χ3v) is 4.11. The molecule has 0 fully saturated rings. The molecule has 0 saturated carbocycles. The first kappa shape index (κ1) is 15.7. The summed E-state index contributed by atoms with van der Waals surface area (Å²) in [6.07, 6.45) is 2.58. The highest BCUT2D eigenvalue weighted by Crippen LogP contribution is 2.32. The Morgan fingerprint density at radius 1 is 1.57 bits per heavy atom. The summed E-state index contributed by atoms with van der Waals surface area (Å²) in [4.78, 5) is 18.2. The molecule has 0 unspecified atom stereocenters. The SMILES string of the molecule is CCCN(CC(C)(C)CN)c1nc2sccn2c1[N+](=O)[O-]. The van der Waals surface area contributed by atoms with E-state index in [1.807, 2.05) is 11.8 Å². The molecule has 0 bridgehead atoms. The maximum absolute atomic E-state index is 11.4. The minimum Gasteiger partial charge on any atom is -0.358 e. The van der Waals surface area contributed by atoms with E-state index in [0.717, 1.165) is 13.0 Å². The van der Waals surface area contributed by atoms with E-state index in [0.29, 0.717) is 23.9 Å². The molecular weight excluding hydrogens is 290 g/mol. The van der Waals surface area contributed by atoms with Crippen LogP contribution in [0.15, 0.2) is 11.6 Å². The topological polar surface area (TPSA) is 89.7 Å². The molecule has 0 aromatic carbocycles. The highest BCUT2D eigenvalue weighted by atomic mass is 32.1. The average molecular weight is 311 g/mol. The van der Waals surface area contributed by atoms with Crippen molar-refractivity contribution in [2.24, 2.45) is 11.1 Å². The molecule has 2 rings (SSSR count). The number of hydrogen-bond acceptors (Lipinski definition) is 6. The Morgan fingerprint density at radius 2 is 2.29 bits per heavy atom. The van der Waals surface area contributed by atoms with Crippen molar-refractivity contribution in [1.29, 1.82) is 0 Å². The number of anilines is 1. The predicted molar refractivity (Wildman–Crippen MR) is 85.1 cm³/mol. The Morgan fingerprint density at radius 3 is 2.86 bits per heavy atom. The highest BCUT2D eigenvalue weighted by Gasteiger charge is 2.30. The first-order valence-electron chi connectivity index (χ1n) is 6.94. The monoisotopic (exact) mass is 311 g/mol. The third kappa shape index (κ3) is 3.16. The molecule has 0 atom stereocenters. The van der Waals surface area contributed by atoms with E-state index in [2.05, 4.69) is 18.8 Å². The molecule has 0 aliphatic heterocycles. The van der Waals surface area contributed by atoms with E-state index >= 15 is 0 Å². The van der Waals surface area contributed by atoms with Crippen LogP contribution in [0.4, 0.5) is 11.6 Å².